The highest BCUT2D eigenvalue weighted by Gasteiger charge is 2.06. The van der Waals surface area contributed by atoms with Crippen molar-refractivity contribution < 1.29 is 5.11 Å². The number of nitrogens with zero attached hydrogens (tertiary/aromatic N) is 2. The Hall–Kier alpha value is -3.06. The fraction of sp³-hybridized carbons (Fsp3) is 0.0588. The molecular weight excluding hydrogens is 262 g/mol. The van der Waals surface area contributed by atoms with Gasteiger partial charge in [0.1, 0.15) is 11.6 Å². The second-order valence-electron chi connectivity index (χ2n) is 4.67. The molecule has 2 aromatic carbocycles. The number of benzene rings is 2. The van der Waals surface area contributed by atoms with Gasteiger partial charge in [0.05, 0.1) is 17.1 Å². The Morgan fingerprint density at radius 2 is 1.86 bits per heavy atom. The Labute approximate surface area is 122 Å². The van der Waals surface area contributed by atoms with Crippen molar-refractivity contribution in [2.45, 2.75) is 6.54 Å². The molecule has 0 amide bonds. The molecule has 3 aromatic rings. The van der Waals surface area contributed by atoms with E-state index in [9.17, 15) is 10.4 Å². The molecule has 3 rings (SSSR count). The van der Waals surface area contributed by atoms with E-state index in [1.807, 2.05) is 36.4 Å². The quantitative estimate of drug-likeness (QED) is 0.768. The SMILES string of the molecule is N#Cc1cc(NCc2ccccc2O)nc2ccccc12. The van der Waals surface area contributed by atoms with Crippen LogP contribution in [-0.2, 0) is 6.54 Å². The number of para-hydroxylation sites is 2. The lowest BCUT2D eigenvalue weighted by Crippen LogP contribution is -2.02. The Kier molecular flexibility index (Phi) is 3.40. The fourth-order valence-electron chi connectivity index (χ4n) is 2.20. The number of phenols is 1. The zero-order valence-corrected chi connectivity index (χ0v) is 11.2. The fourth-order valence-corrected chi connectivity index (χ4v) is 2.20. The predicted molar refractivity (Wildman–Crippen MR) is 81.9 cm³/mol. The van der Waals surface area contributed by atoms with Gasteiger partial charge in [-0.2, -0.15) is 5.26 Å². The van der Waals surface area contributed by atoms with Gasteiger partial charge in [0, 0.05) is 17.5 Å². The molecular formula is C17H13N3O. The third-order valence-electron chi connectivity index (χ3n) is 3.29. The number of rotatable bonds is 3. The average Bonchev–Trinajstić information content (AvgIpc) is 2.53. The standard InChI is InChI=1S/C17H13N3O/c18-10-13-9-17(20-15-7-3-2-6-14(13)15)19-11-12-5-1-4-8-16(12)21/h1-9,21H,11H2,(H,19,20). The molecule has 0 radical (unpaired) electrons. The molecule has 4 heteroatoms. The summed E-state index contributed by atoms with van der Waals surface area (Å²) in [7, 11) is 0. The highest BCUT2D eigenvalue weighted by molar-refractivity contribution is 5.86. The van der Waals surface area contributed by atoms with Crippen LogP contribution in [0.3, 0.4) is 0 Å². The van der Waals surface area contributed by atoms with Gasteiger partial charge in [0.15, 0.2) is 0 Å². The topological polar surface area (TPSA) is 68.9 Å². The first-order chi connectivity index (χ1) is 10.3. The van der Waals surface area contributed by atoms with Gasteiger partial charge in [0.25, 0.3) is 0 Å². The first-order valence-electron chi connectivity index (χ1n) is 6.58. The van der Waals surface area contributed by atoms with Crippen molar-refractivity contribution in [3.05, 3.63) is 65.7 Å². The van der Waals surface area contributed by atoms with E-state index in [1.165, 1.54) is 0 Å². The van der Waals surface area contributed by atoms with Gasteiger partial charge in [-0.1, -0.05) is 36.4 Å². The number of nitrogens with one attached hydrogen (secondary N) is 1. The van der Waals surface area contributed by atoms with Gasteiger partial charge >= 0.3 is 0 Å². The molecule has 0 aliphatic carbocycles. The number of fused-ring (bicyclic) bond motifs is 1. The minimum absolute atomic E-state index is 0.242. The van der Waals surface area contributed by atoms with E-state index < -0.39 is 0 Å². The number of aromatic hydroxyl groups is 1. The maximum absolute atomic E-state index is 9.75. The van der Waals surface area contributed by atoms with E-state index in [4.69, 9.17) is 0 Å². The van der Waals surface area contributed by atoms with Crippen LogP contribution in [0.2, 0.25) is 0 Å². The lowest BCUT2D eigenvalue weighted by atomic mass is 10.1. The maximum atomic E-state index is 9.75. The van der Waals surface area contributed by atoms with E-state index in [2.05, 4.69) is 16.4 Å². The average molecular weight is 275 g/mol. The summed E-state index contributed by atoms with van der Waals surface area (Å²) in [4.78, 5) is 4.48. The zero-order chi connectivity index (χ0) is 14.7. The maximum Gasteiger partial charge on any atom is 0.128 e. The van der Waals surface area contributed by atoms with Gasteiger partial charge in [-0.15, -0.1) is 0 Å². The van der Waals surface area contributed by atoms with Crippen molar-refractivity contribution in [3.63, 3.8) is 0 Å². The molecule has 0 atom stereocenters. The molecule has 0 spiro atoms. The highest BCUT2D eigenvalue weighted by atomic mass is 16.3. The van der Waals surface area contributed by atoms with E-state index in [1.54, 1.807) is 18.2 Å². The number of nitriles is 1. The molecule has 0 bridgehead atoms. The van der Waals surface area contributed by atoms with Crippen LogP contribution in [0.1, 0.15) is 11.1 Å². The van der Waals surface area contributed by atoms with Crippen molar-refractivity contribution in [1.82, 2.24) is 4.98 Å². The van der Waals surface area contributed by atoms with Crippen molar-refractivity contribution in [2.75, 3.05) is 5.32 Å². The van der Waals surface area contributed by atoms with Crippen LogP contribution >= 0.6 is 0 Å². The number of anilines is 1. The minimum Gasteiger partial charge on any atom is -0.508 e. The summed E-state index contributed by atoms with van der Waals surface area (Å²) >= 11 is 0. The van der Waals surface area contributed by atoms with Crippen LogP contribution in [0.4, 0.5) is 5.82 Å². The van der Waals surface area contributed by atoms with Crippen LogP contribution in [0.15, 0.2) is 54.6 Å². The van der Waals surface area contributed by atoms with Crippen LogP contribution < -0.4 is 5.32 Å². The summed E-state index contributed by atoms with van der Waals surface area (Å²) in [6.45, 7) is 0.447. The molecule has 0 unspecified atom stereocenters. The van der Waals surface area contributed by atoms with Gasteiger partial charge < -0.3 is 10.4 Å². The molecule has 0 aliphatic heterocycles. The summed E-state index contributed by atoms with van der Waals surface area (Å²) in [6, 6.07) is 18.6. The number of aromatic nitrogens is 1. The predicted octanol–water partition coefficient (Wildman–Crippen LogP) is 3.42. The number of phenolic OH excluding ortho intramolecular Hbond substituents is 1. The van der Waals surface area contributed by atoms with E-state index in [-0.39, 0.29) is 5.75 Å². The van der Waals surface area contributed by atoms with E-state index >= 15 is 0 Å². The summed E-state index contributed by atoms with van der Waals surface area (Å²) in [5.41, 5.74) is 2.14. The molecule has 0 saturated heterocycles. The minimum atomic E-state index is 0.242. The van der Waals surface area contributed by atoms with Gasteiger partial charge in [-0.3, -0.25) is 0 Å². The molecule has 1 heterocycles. The lowest BCUT2D eigenvalue weighted by Gasteiger charge is -2.09. The highest BCUT2D eigenvalue weighted by Crippen LogP contribution is 2.21. The van der Waals surface area contributed by atoms with Gasteiger partial charge in [0.2, 0.25) is 0 Å². The summed E-state index contributed by atoms with van der Waals surface area (Å²) < 4.78 is 0. The third kappa shape index (κ3) is 2.63. The second-order valence-corrected chi connectivity index (χ2v) is 4.67. The van der Waals surface area contributed by atoms with Crippen LogP contribution in [-0.4, -0.2) is 10.1 Å². The summed E-state index contributed by atoms with van der Waals surface area (Å²) in [5, 5.41) is 23.0. The van der Waals surface area contributed by atoms with Crippen molar-refractivity contribution >= 4 is 16.7 Å². The normalized spacial score (nSPS) is 10.2. The van der Waals surface area contributed by atoms with Crippen LogP contribution in [0, 0.1) is 11.3 Å². The van der Waals surface area contributed by atoms with Crippen LogP contribution in [0.5, 0.6) is 5.75 Å². The Morgan fingerprint density at radius 1 is 1.10 bits per heavy atom. The van der Waals surface area contributed by atoms with Crippen molar-refractivity contribution in [3.8, 4) is 11.8 Å². The molecule has 21 heavy (non-hydrogen) atoms. The lowest BCUT2D eigenvalue weighted by molar-refractivity contribution is 0.469. The van der Waals surface area contributed by atoms with Crippen molar-refractivity contribution in [2.24, 2.45) is 0 Å². The number of pyridine rings is 1. The number of hydrogen-bond acceptors (Lipinski definition) is 4. The summed E-state index contributed by atoms with van der Waals surface area (Å²) in [6.07, 6.45) is 0. The molecule has 2 N–H and O–H groups in total. The molecule has 4 nitrogen and oxygen atoms in total. The zero-order valence-electron chi connectivity index (χ0n) is 11.2. The van der Waals surface area contributed by atoms with Gasteiger partial charge in [-0.25, -0.2) is 4.98 Å². The van der Waals surface area contributed by atoms with E-state index in [0.29, 0.717) is 17.9 Å². The second kappa shape index (κ2) is 5.51. The molecule has 1 aromatic heterocycles. The first-order valence-corrected chi connectivity index (χ1v) is 6.58. The molecule has 0 saturated carbocycles. The first kappa shape index (κ1) is 12.9. The largest absolute Gasteiger partial charge is 0.508 e. The monoisotopic (exact) mass is 275 g/mol. The van der Waals surface area contributed by atoms with E-state index in [0.717, 1.165) is 16.5 Å². The third-order valence-corrected chi connectivity index (χ3v) is 3.29. The Bertz CT molecular complexity index is 837. The number of hydrogen-bond donors (Lipinski definition) is 2. The van der Waals surface area contributed by atoms with Crippen molar-refractivity contribution in [1.29, 1.82) is 5.26 Å². The van der Waals surface area contributed by atoms with Crippen LogP contribution in [0.25, 0.3) is 10.9 Å². The Balaban J connectivity index is 1.91. The Morgan fingerprint density at radius 3 is 2.67 bits per heavy atom. The molecule has 0 fully saturated rings. The smallest absolute Gasteiger partial charge is 0.128 e. The van der Waals surface area contributed by atoms with Gasteiger partial charge in [-0.05, 0) is 18.2 Å². The molecule has 102 valence electrons. The summed E-state index contributed by atoms with van der Waals surface area (Å²) in [5.74, 6) is 0.861. The molecule has 0 aliphatic rings.